The summed E-state index contributed by atoms with van der Waals surface area (Å²) in [7, 11) is 0. The number of fused-ring (bicyclic) bond motifs is 1. The van der Waals surface area contributed by atoms with Gasteiger partial charge in [-0.25, -0.2) is 4.98 Å². The standard InChI is InChI=1S/C19H20N6O2/c1-3-4-16(26)25-9-12(2)7-13(10-25)23-17-14-5-6-20-18(14)21-8-15(17)19-24-22-11-27-19/h1,5-6,8,11-13H,4,7,9-10H2,2H3,(H2,20,21,23)/t12-,13+/m0/s1. The Morgan fingerprint density at radius 1 is 1.52 bits per heavy atom. The average Bonchev–Trinajstić information content (AvgIpc) is 3.33. The molecule has 2 N–H and O–H groups in total. The van der Waals surface area contributed by atoms with Crippen molar-refractivity contribution in [2.24, 2.45) is 5.92 Å². The van der Waals surface area contributed by atoms with E-state index >= 15 is 0 Å². The fraction of sp³-hybridized carbons (Fsp3) is 0.368. The number of carbonyl (C=O) groups excluding carboxylic acids is 1. The molecule has 1 aliphatic heterocycles. The molecule has 138 valence electrons. The van der Waals surface area contributed by atoms with E-state index in [9.17, 15) is 4.79 Å². The molecule has 0 unspecified atom stereocenters. The molecule has 2 atom stereocenters. The largest absolute Gasteiger partial charge is 0.423 e. The second kappa shape index (κ2) is 7.11. The van der Waals surface area contributed by atoms with Crippen LogP contribution in [-0.2, 0) is 4.79 Å². The van der Waals surface area contributed by atoms with Crippen molar-refractivity contribution in [1.29, 1.82) is 0 Å². The second-order valence-electron chi connectivity index (χ2n) is 6.89. The number of aromatic amines is 1. The Kier molecular flexibility index (Phi) is 4.50. The highest BCUT2D eigenvalue weighted by atomic mass is 16.4. The van der Waals surface area contributed by atoms with Crippen LogP contribution in [0.15, 0.2) is 29.3 Å². The van der Waals surface area contributed by atoms with Gasteiger partial charge in [-0.05, 0) is 18.4 Å². The molecule has 0 aliphatic carbocycles. The highest BCUT2D eigenvalue weighted by molar-refractivity contribution is 5.97. The summed E-state index contributed by atoms with van der Waals surface area (Å²) in [4.78, 5) is 21.7. The Hall–Kier alpha value is -3.34. The first-order chi connectivity index (χ1) is 13.2. The fourth-order valence-electron chi connectivity index (χ4n) is 3.68. The van der Waals surface area contributed by atoms with Gasteiger partial charge in [0.25, 0.3) is 5.89 Å². The smallest absolute Gasteiger partial charge is 0.251 e. The molecule has 8 heteroatoms. The molecule has 0 radical (unpaired) electrons. The summed E-state index contributed by atoms with van der Waals surface area (Å²) in [5, 5.41) is 12.3. The highest BCUT2D eigenvalue weighted by Crippen LogP contribution is 2.34. The third-order valence-corrected chi connectivity index (χ3v) is 4.79. The van der Waals surface area contributed by atoms with Gasteiger partial charge < -0.3 is 19.6 Å². The van der Waals surface area contributed by atoms with Gasteiger partial charge in [0.2, 0.25) is 12.3 Å². The summed E-state index contributed by atoms with van der Waals surface area (Å²) in [6.07, 6.45) is 11.2. The SMILES string of the molecule is C#CCC(=O)N1C[C@@H](C)C[C@@H](Nc2c(-c3nnco3)cnc3[nH]ccc23)C1. The van der Waals surface area contributed by atoms with Crippen LogP contribution in [0.1, 0.15) is 19.8 Å². The number of nitrogens with zero attached hydrogens (tertiary/aromatic N) is 4. The normalized spacial score (nSPS) is 19.8. The number of likely N-dealkylation sites (tertiary alicyclic amines) is 1. The van der Waals surface area contributed by atoms with Gasteiger partial charge in [-0.15, -0.1) is 16.6 Å². The summed E-state index contributed by atoms with van der Waals surface area (Å²) in [6, 6.07) is 2.04. The van der Waals surface area contributed by atoms with Crippen LogP contribution in [0, 0.1) is 18.3 Å². The predicted octanol–water partition coefficient (Wildman–Crippen LogP) is 2.29. The van der Waals surface area contributed by atoms with Gasteiger partial charge in [0.15, 0.2) is 0 Å². The quantitative estimate of drug-likeness (QED) is 0.689. The van der Waals surface area contributed by atoms with Crippen LogP contribution in [0.4, 0.5) is 5.69 Å². The fourth-order valence-corrected chi connectivity index (χ4v) is 3.68. The summed E-state index contributed by atoms with van der Waals surface area (Å²) < 4.78 is 5.39. The zero-order valence-electron chi connectivity index (χ0n) is 15.0. The minimum absolute atomic E-state index is 0.00510. The number of aromatic nitrogens is 4. The third-order valence-electron chi connectivity index (χ3n) is 4.79. The number of H-pyrrole nitrogens is 1. The first-order valence-corrected chi connectivity index (χ1v) is 8.86. The van der Waals surface area contributed by atoms with Crippen LogP contribution < -0.4 is 5.32 Å². The van der Waals surface area contributed by atoms with Crippen LogP contribution >= 0.6 is 0 Å². The molecule has 0 bridgehead atoms. The van der Waals surface area contributed by atoms with Crippen molar-refractivity contribution in [2.75, 3.05) is 18.4 Å². The zero-order chi connectivity index (χ0) is 18.8. The lowest BCUT2D eigenvalue weighted by Crippen LogP contribution is -2.48. The lowest BCUT2D eigenvalue weighted by atomic mass is 9.95. The molecule has 27 heavy (non-hydrogen) atoms. The number of hydrogen-bond donors (Lipinski definition) is 2. The maximum Gasteiger partial charge on any atom is 0.251 e. The number of pyridine rings is 1. The Labute approximate surface area is 156 Å². The first kappa shape index (κ1) is 17.1. The molecule has 0 spiro atoms. The summed E-state index contributed by atoms with van der Waals surface area (Å²) in [5.41, 5.74) is 2.37. The van der Waals surface area contributed by atoms with E-state index in [2.05, 4.69) is 38.3 Å². The van der Waals surface area contributed by atoms with E-state index in [-0.39, 0.29) is 18.4 Å². The Morgan fingerprint density at radius 2 is 2.41 bits per heavy atom. The molecule has 1 saturated heterocycles. The van der Waals surface area contributed by atoms with Crippen LogP contribution in [0.25, 0.3) is 22.5 Å². The number of anilines is 1. The highest BCUT2D eigenvalue weighted by Gasteiger charge is 2.28. The number of amides is 1. The van der Waals surface area contributed by atoms with Crippen LogP contribution in [0.5, 0.6) is 0 Å². The maximum absolute atomic E-state index is 12.3. The van der Waals surface area contributed by atoms with Gasteiger partial charge in [0.1, 0.15) is 5.65 Å². The monoisotopic (exact) mass is 364 g/mol. The number of carbonyl (C=O) groups is 1. The topological polar surface area (TPSA) is 99.9 Å². The number of hydrogen-bond acceptors (Lipinski definition) is 6. The van der Waals surface area contributed by atoms with Gasteiger partial charge in [-0.3, -0.25) is 4.79 Å². The average molecular weight is 364 g/mol. The lowest BCUT2D eigenvalue weighted by molar-refractivity contribution is -0.131. The first-order valence-electron chi connectivity index (χ1n) is 8.86. The molecule has 8 nitrogen and oxygen atoms in total. The molecule has 3 aromatic heterocycles. The minimum atomic E-state index is -0.00510. The van der Waals surface area contributed by atoms with Gasteiger partial charge in [-0.2, -0.15) is 0 Å². The van der Waals surface area contributed by atoms with E-state index in [1.807, 2.05) is 17.2 Å². The van der Waals surface area contributed by atoms with Crippen LogP contribution in [0.3, 0.4) is 0 Å². The number of piperidine rings is 1. The van der Waals surface area contributed by atoms with Gasteiger partial charge in [0, 0.05) is 36.9 Å². The lowest BCUT2D eigenvalue weighted by Gasteiger charge is -2.37. The van der Waals surface area contributed by atoms with Crippen molar-refractivity contribution in [1.82, 2.24) is 25.1 Å². The maximum atomic E-state index is 12.3. The van der Waals surface area contributed by atoms with E-state index in [0.717, 1.165) is 35.2 Å². The molecular weight excluding hydrogens is 344 g/mol. The molecule has 1 amide bonds. The minimum Gasteiger partial charge on any atom is -0.423 e. The van der Waals surface area contributed by atoms with E-state index in [0.29, 0.717) is 18.4 Å². The van der Waals surface area contributed by atoms with E-state index in [4.69, 9.17) is 10.8 Å². The summed E-state index contributed by atoms with van der Waals surface area (Å²) in [5.74, 6) is 3.20. The molecule has 0 saturated carbocycles. The third kappa shape index (κ3) is 3.36. The zero-order valence-corrected chi connectivity index (χ0v) is 15.0. The van der Waals surface area contributed by atoms with E-state index < -0.39 is 0 Å². The molecule has 0 aromatic carbocycles. The van der Waals surface area contributed by atoms with Crippen LogP contribution in [-0.4, -0.2) is 50.1 Å². The van der Waals surface area contributed by atoms with Crippen molar-refractivity contribution in [3.05, 3.63) is 24.9 Å². The number of rotatable bonds is 4. The molecule has 4 rings (SSSR count). The van der Waals surface area contributed by atoms with Crippen molar-refractivity contribution < 1.29 is 9.21 Å². The molecule has 1 fully saturated rings. The van der Waals surface area contributed by atoms with E-state index in [1.54, 1.807) is 6.20 Å². The molecule has 1 aliphatic rings. The van der Waals surface area contributed by atoms with Gasteiger partial charge in [-0.1, -0.05) is 12.8 Å². The Morgan fingerprint density at radius 3 is 3.19 bits per heavy atom. The van der Waals surface area contributed by atoms with Crippen molar-refractivity contribution >= 4 is 22.6 Å². The number of nitrogens with one attached hydrogen (secondary N) is 2. The van der Waals surface area contributed by atoms with E-state index in [1.165, 1.54) is 6.39 Å². The second-order valence-corrected chi connectivity index (χ2v) is 6.89. The van der Waals surface area contributed by atoms with Gasteiger partial charge >= 0.3 is 0 Å². The molecular formula is C19H20N6O2. The van der Waals surface area contributed by atoms with Crippen LogP contribution in [0.2, 0.25) is 0 Å². The summed E-state index contributed by atoms with van der Waals surface area (Å²) >= 11 is 0. The molecule has 3 aromatic rings. The summed E-state index contributed by atoms with van der Waals surface area (Å²) in [6.45, 7) is 3.47. The Balaban J connectivity index is 1.66. The van der Waals surface area contributed by atoms with Crippen molar-refractivity contribution in [3.8, 4) is 23.8 Å². The van der Waals surface area contributed by atoms with Gasteiger partial charge in [0.05, 0.1) is 17.7 Å². The van der Waals surface area contributed by atoms with Crippen molar-refractivity contribution in [3.63, 3.8) is 0 Å². The van der Waals surface area contributed by atoms with Crippen molar-refractivity contribution in [2.45, 2.75) is 25.8 Å². The predicted molar refractivity (Wildman–Crippen MR) is 101 cm³/mol. The molecule has 4 heterocycles. The number of terminal acetylenes is 1. The Bertz CT molecular complexity index is 987.